The Kier molecular flexibility index (Phi) is 13.7. The fraction of sp³-hybridized carbons (Fsp3) is 0.423. The predicted molar refractivity (Wildman–Crippen MR) is 148 cm³/mol. The van der Waals surface area contributed by atoms with Crippen LogP contribution in [0.4, 0.5) is 18.9 Å². The molecule has 0 bridgehead atoms. The van der Waals surface area contributed by atoms with E-state index in [1.807, 2.05) is 30.3 Å². The quantitative estimate of drug-likeness (QED) is 0.355. The van der Waals surface area contributed by atoms with Crippen LogP contribution in [0.2, 0.25) is 0 Å². The second-order valence-corrected chi connectivity index (χ2v) is 9.18. The first-order chi connectivity index (χ1) is 17.5. The van der Waals surface area contributed by atoms with Gasteiger partial charge in [-0.1, -0.05) is 36.4 Å². The number of carbonyl (C=O) groups is 3. The lowest BCUT2D eigenvalue weighted by Gasteiger charge is -2.31. The first-order valence-electron chi connectivity index (χ1n) is 12.1. The summed E-state index contributed by atoms with van der Waals surface area (Å²) in [6.45, 7) is 0.987. The van der Waals surface area contributed by atoms with E-state index >= 15 is 0 Å². The lowest BCUT2D eigenvalue weighted by atomic mass is 10.0. The number of hydrogen-bond donors (Lipinski definition) is 4. The summed E-state index contributed by atoms with van der Waals surface area (Å²) in [4.78, 5) is 40.0. The first-order valence-corrected chi connectivity index (χ1v) is 12.1. The van der Waals surface area contributed by atoms with Crippen LogP contribution in [-0.2, 0) is 27.0 Å². The Labute approximate surface area is 237 Å². The minimum atomic E-state index is -4.57. The molecular weight excluding hydrogens is 558 g/mol. The highest BCUT2D eigenvalue weighted by atomic mass is 35.5. The number of anilines is 1. The second-order valence-electron chi connectivity index (χ2n) is 9.18. The number of halogens is 5. The van der Waals surface area contributed by atoms with Crippen LogP contribution in [0.25, 0.3) is 0 Å². The number of nitrogens with one attached hydrogen (secondary N) is 2. The third-order valence-corrected chi connectivity index (χ3v) is 6.28. The maximum absolute atomic E-state index is 13.1. The normalized spacial score (nSPS) is 15.3. The zero-order valence-corrected chi connectivity index (χ0v) is 22.8. The Balaban J connectivity index is 0.00000380. The smallest absolute Gasteiger partial charge is 0.343 e. The molecule has 0 aromatic heterocycles. The number of nitrogens with zero attached hydrogens (tertiary/aromatic N) is 1. The molecule has 1 aliphatic heterocycles. The van der Waals surface area contributed by atoms with E-state index in [1.165, 1.54) is 12.1 Å². The third kappa shape index (κ3) is 10.7. The Morgan fingerprint density at radius 2 is 1.62 bits per heavy atom. The van der Waals surface area contributed by atoms with Crippen molar-refractivity contribution >= 4 is 48.2 Å². The van der Waals surface area contributed by atoms with Crippen molar-refractivity contribution in [2.24, 2.45) is 11.5 Å². The van der Waals surface area contributed by atoms with Gasteiger partial charge < -0.3 is 27.0 Å². The lowest BCUT2D eigenvalue weighted by molar-refractivity contribution is -0.137. The highest BCUT2D eigenvalue weighted by molar-refractivity contribution is 5.98. The summed E-state index contributed by atoms with van der Waals surface area (Å²) < 4.78 is 39.2. The maximum Gasteiger partial charge on any atom is 0.416 e. The Bertz CT molecular complexity index is 1080. The van der Waals surface area contributed by atoms with E-state index in [9.17, 15) is 27.6 Å². The Morgan fingerprint density at radius 1 is 0.974 bits per heavy atom. The van der Waals surface area contributed by atoms with Crippen molar-refractivity contribution in [1.29, 1.82) is 0 Å². The number of carbonyl (C=O) groups excluding carboxylic acids is 3. The molecule has 39 heavy (non-hydrogen) atoms. The standard InChI is InChI=1S/C26H32F3N5O3.2ClH/c27-26(28,29)18-7-4-8-20(15-18)32-25(37)22(10-9-17-5-2-1-3-6-17)33-24(36)21(31)16-23(35)34-13-11-19(30)12-14-34;;/h1-8,15,19,21-22H,9-14,16,30-31H2,(H,32,37)(H,33,36);2*1H/t21-,22-;;/m0../s1. The van der Waals surface area contributed by atoms with Crippen molar-refractivity contribution in [2.75, 3.05) is 18.4 Å². The van der Waals surface area contributed by atoms with E-state index in [2.05, 4.69) is 10.6 Å². The van der Waals surface area contributed by atoms with Crippen LogP contribution in [-0.4, -0.2) is 53.8 Å². The zero-order valence-electron chi connectivity index (χ0n) is 21.2. The molecule has 0 aliphatic carbocycles. The lowest BCUT2D eigenvalue weighted by Crippen LogP contribution is -2.52. The van der Waals surface area contributed by atoms with Crippen molar-refractivity contribution in [3.8, 4) is 0 Å². The van der Waals surface area contributed by atoms with Gasteiger partial charge in [-0.05, 0) is 49.4 Å². The fourth-order valence-electron chi connectivity index (χ4n) is 4.06. The van der Waals surface area contributed by atoms with E-state index in [0.29, 0.717) is 32.4 Å². The van der Waals surface area contributed by atoms with Gasteiger partial charge in [0.1, 0.15) is 6.04 Å². The van der Waals surface area contributed by atoms with Gasteiger partial charge in [0.05, 0.1) is 18.0 Å². The monoisotopic (exact) mass is 591 g/mol. The van der Waals surface area contributed by atoms with Gasteiger partial charge in [-0.2, -0.15) is 13.2 Å². The predicted octanol–water partition coefficient (Wildman–Crippen LogP) is 3.27. The molecule has 2 aromatic carbocycles. The molecule has 6 N–H and O–H groups in total. The molecule has 0 spiro atoms. The van der Waals surface area contributed by atoms with Crippen molar-refractivity contribution in [2.45, 2.75) is 56.4 Å². The van der Waals surface area contributed by atoms with Gasteiger partial charge in [-0.3, -0.25) is 14.4 Å². The number of hydrogen-bond acceptors (Lipinski definition) is 5. The molecule has 1 aliphatic rings. The number of amides is 3. The number of benzene rings is 2. The summed E-state index contributed by atoms with van der Waals surface area (Å²) in [5.41, 5.74) is 11.8. The third-order valence-electron chi connectivity index (χ3n) is 6.28. The van der Waals surface area contributed by atoms with E-state index in [1.54, 1.807) is 4.90 Å². The van der Waals surface area contributed by atoms with Gasteiger partial charge in [0.2, 0.25) is 17.7 Å². The fourth-order valence-corrected chi connectivity index (χ4v) is 4.06. The highest BCUT2D eigenvalue weighted by Gasteiger charge is 2.31. The summed E-state index contributed by atoms with van der Waals surface area (Å²) >= 11 is 0. The summed E-state index contributed by atoms with van der Waals surface area (Å²) in [6, 6.07) is 11.2. The van der Waals surface area contributed by atoms with E-state index < -0.39 is 35.6 Å². The van der Waals surface area contributed by atoms with Crippen LogP contribution in [0.3, 0.4) is 0 Å². The molecule has 0 radical (unpaired) electrons. The van der Waals surface area contributed by atoms with Crippen molar-refractivity contribution in [1.82, 2.24) is 10.2 Å². The summed E-state index contributed by atoms with van der Waals surface area (Å²) in [5.74, 6) is -1.66. The molecule has 3 rings (SSSR count). The van der Waals surface area contributed by atoms with Gasteiger partial charge in [0.15, 0.2) is 0 Å². The highest BCUT2D eigenvalue weighted by Crippen LogP contribution is 2.30. The van der Waals surface area contributed by atoms with E-state index in [-0.39, 0.29) is 55.3 Å². The van der Waals surface area contributed by atoms with Crippen LogP contribution < -0.4 is 22.1 Å². The molecule has 8 nitrogen and oxygen atoms in total. The SMILES string of the molecule is Cl.Cl.NC1CCN(C(=O)C[C@H](N)C(=O)N[C@@H](CCc2ccccc2)C(=O)Nc2cccc(C(F)(F)F)c2)CC1. The second kappa shape index (κ2) is 15.7. The maximum atomic E-state index is 13.1. The molecule has 1 saturated heterocycles. The number of likely N-dealkylation sites (tertiary alicyclic amines) is 1. The van der Waals surface area contributed by atoms with Crippen molar-refractivity contribution < 1.29 is 27.6 Å². The van der Waals surface area contributed by atoms with Gasteiger partial charge in [0.25, 0.3) is 0 Å². The average molecular weight is 592 g/mol. The number of piperidine rings is 1. The molecule has 2 aromatic rings. The number of rotatable bonds is 9. The Morgan fingerprint density at radius 3 is 2.23 bits per heavy atom. The van der Waals surface area contributed by atoms with Crippen LogP contribution in [0.5, 0.6) is 0 Å². The van der Waals surface area contributed by atoms with Gasteiger partial charge >= 0.3 is 6.18 Å². The number of nitrogens with two attached hydrogens (primary N) is 2. The number of aryl methyl sites for hydroxylation is 1. The van der Waals surface area contributed by atoms with E-state index in [4.69, 9.17) is 11.5 Å². The van der Waals surface area contributed by atoms with Crippen molar-refractivity contribution in [3.63, 3.8) is 0 Å². The van der Waals surface area contributed by atoms with Gasteiger partial charge in [-0.15, -0.1) is 24.8 Å². The Hall–Kier alpha value is -2.86. The van der Waals surface area contributed by atoms with Gasteiger partial charge in [0, 0.05) is 24.8 Å². The van der Waals surface area contributed by atoms with Crippen LogP contribution in [0, 0.1) is 0 Å². The minimum absolute atomic E-state index is 0. The molecule has 0 saturated carbocycles. The average Bonchev–Trinajstić information content (AvgIpc) is 2.87. The van der Waals surface area contributed by atoms with Crippen LogP contribution in [0.1, 0.15) is 36.8 Å². The largest absolute Gasteiger partial charge is 0.416 e. The summed E-state index contributed by atoms with van der Waals surface area (Å²) in [6.07, 6.45) is -2.87. The zero-order chi connectivity index (χ0) is 27.0. The molecule has 13 heteroatoms. The van der Waals surface area contributed by atoms with Crippen molar-refractivity contribution in [3.05, 3.63) is 65.7 Å². The summed E-state index contributed by atoms with van der Waals surface area (Å²) in [7, 11) is 0. The van der Waals surface area contributed by atoms with E-state index in [0.717, 1.165) is 17.7 Å². The first kappa shape index (κ1) is 34.2. The van der Waals surface area contributed by atoms with Crippen LogP contribution >= 0.6 is 24.8 Å². The molecule has 216 valence electrons. The molecule has 3 amide bonds. The van der Waals surface area contributed by atoms with Crippen LogP contribution in [0.15, 0.2) is 54.6 Å². The number of alkyl halides is 3. The van der Waals surface area contributed by atoms with Gasteiger partial charge in [-0.25, -0.2) is 0 Å². The topological polar surface area (TPSA) is 131 Å². The molecule has 2 atom stereocenters. The summed E-state index contributed by atoms with van der Waals surface area (Å²) in [5, 5.41) is 5.03. The minimum Gasteiger partial charge on any atom is -0.343 e. The molecule has 0 unspecified atom stereocenters. The molecular formula is C26H34Cl2F3N5O3. The molecule has 1 fully saturated rings. The molecule has 1 heterocycles.